The van der Waals surface area contributed by atoms with Crippen molar-refractivity contribution in [3.63, 3.8) is 0 Å². The van der Waals surface area contributed by atoms with Crippen LogP contribution in [0, 0.1) is 0 Å². The first kappa shape index (κ1) is 20.9. The molecule has 1 N–H and O–H groups in total. The second kappa shape index (κ2) is 10.7. The van der Waals surface area contributed by atoms with Crippen LogP contribution in [-0.4, -0.2) is 44.7 Å². The van der Waals surface area contributed by atoms with Crippen molar-refractivity contribution < 1.29 is 14.3 Å². The first-order chi connectivity index (χ1) is 14.2. The van der Waals surface area contributed by atoms with E-state index in [9.17, 15) is 4.79 Å². The summed E-state index contributed by atoms with van der Waals surface area (Å²) in [5.74, 6) is 1.56. The highest BCUT2D eigenvalue weighted by atomic mass is 16.5. The summed E-state index contributed by atoms with van der Waals surface area (Å²) in [5, 5.41) is 3.08. The van der Waals surface area contributed by atoms with E-state index >= 15 is 0 Å². The Morgan fingerprint density at radius 1 is 0.966 bits per heavy atom. The van der Waals surface area contributed by atoms with Crippen LogP contribution in [0.3, 0.4) is 0 Å². The van der Waals surface area contributed by atoms with E-state index in [1.807, 2.05) is 42.5 Å². The van der Waals surface area contributed by atoms with Crippen molar-refractivity contribution in [1.82, 2.24) is 10.2 Å². The number of carbonyl (C=O) groups excluding carboxylic acids is 1. The molecule has 5 heteroatoms. The number of piperidine rings is 1. The molecule has 154 valence electrons. The summed E-state index contributed by atoms with van der Waals surface area (Å²) in [4.78, 5) is 14.9. The molecule has 1 atom stereocenters. The van der Waals surface area contributed by atoms with Crippen LogP contribution in [0.25, 0.3) is 6.08 Å². The van der Waals surface area contributed by atoms with Crippen molar-refractivity contribution in [1.29, 1.82) is 0 Å². The molecule has 1 aliphatic heterocycles. The predicted octanol–water partition coefficient (Wildman–Crippen LogP) is 4.06. The third kappa shape index (κ3) is 6.09. The van der Waals surface area contributed by atoms with E-state index in [1.54, 1.807) is 20.3 Å². The fraction of sp³-hybridized carbons (Fsp3) is 0.375. The summed E-state index contributed by atoms with van der Waals surface area (Å²) in [6.45, 7) is 2.71. The molecule has 29 heavy (non-hydrogen) atoms. The van der Waals surface area contributed by atoms with E-state index in [-0.39, 0.29) is 11.9 Å². The van der Waals surface area contributed by atoms with Gasteiger partial charge in [0.25, 0.3) is 0 Å². The average Bonchev–Trinajstić information content (AvgIpc) is 2.79. The molecule has 2 aromatic carbocycles. The predicted molar refractivity (Wildman–Crippen MR) is 116 cm³/mol. The number of amides is 1. The Hall–Kier alpha value is -2.79. The van der Waals surface area contributed by atoms with Gasteiger partial charge in [-0.05, 0) is 67.4 Å². The van der Waals surface area contributed by atoms with Crippen LogP contribution < -0.4 is 14.8 Å². The van der Waals surface area contributed by atoms with Gasteiger partial charge in [-0.1, -0.05) is 30.7 Å². The second-order valence-corrected chi connectivity index (χ2v) is 7.24. The zero-order valence-electron chi connectivity index (χ0n) is 17.3. The number of methoxy groups -OCH3 is 2. The number of nitrogens with one attached hydrogen (secondary N) is 1. The molecular weight excluding hydrogens is 364 g/mol. The summed E-state index contributed by atoms with van der Waals surface area (Å²) in [7, 11) is 3.31. The largest absolute Gasteiger partial charge is 0.497 e. The van der Waals surface area contributed by atoms with Crippen LogP contribution in [0.5, 0.6) is 11.5 Å². The number of benzene rings is 2. The van der Waals surface area contributed by atoms with Crippen LogP contribution in [0.2, 0.25) is 0 Å². The Labute approximate surface area is 173 Å². The van der Waals surface area contributed by atoms with E-state index in [4.69, 9.17) is 9.47 Å². The summed E-state index contributed by atoms with van der Waals surface area (Å²) in [6, 6.07) is 15.9. The Morgan fingerprint density at radius 3 is 2.14 bits per heavy atom. The third-order valence-corrected chi connectivity index (χ3v) is 5.34. The third-order valence-electron chi connectivity index (χ3n) is 5.34. The Morgan fingerprint density at radius 2 is 1.55 bits per heavy atom. The van der Waals surface area contributed by atoms with Gasteiger partial charge in [0.1, 0.15) is 11.5 Å². The number of hydrogen-bond acceptors (Lipinski definition) is 4. The average molecular weight is 395 g/mol. The summed E-state index contributed by atoms with van der Waals surface area (Å²) in [5.41, 5.74) is 2.16. The Bertz CT molecular complexity index is 794. The standard InChI is InChI=1S/C24H30N2O3/c1-28-21-11-6-19(7-12-21)8-15-24(27)25-18-23(26-16-4-3-5-17-26)20-9-13-22(29-2)14-10-20/h6-15,23H,3-5,16-18H2,1-2H3,(H,25,27)/b15-8+. The van der Waals surface area contributed by atoms with Crippen LogP contribution in [0.1, 0.15) is 36.4 Å². The van der Waals surface area contributed by atoms with Crippen molar-refractivity contribution >= 4 is 12.0 Å². The Kier molecular flexibility index (Phi) is 7.70. The maximum atomic E-state index is 12.4. The van der Waals surface area contributed by atoms with Crippen molar-refractivity contribution in [2.24, 2.45) is 0 Å². The number of hydrogen-bond donors (Lipinski definition) is 1. The minimum Gasteiger partial charge on any atom is -0.497 e. The first-order valence-electron chi connectivity index (χ1n) is 10.2. The molecular formula is C24H30N2O3. The van der Waals surface area contributed by atoms with Crippen molar-refractivity contribution in [3.05, 3.63) is 65.7 Å². The SMILES string of the molecule is COc1ccc(/C=C/C(=O)NCC(c2ccc(OC)cc2)N2CCCCC2)cc1. The first-order valence-corrected chi connectivity index (χ1v) is 10.2. The van der Waals surface area contributed by atoms with Crippen molar-refractivity contribution in [2.75, 3.05) is 33.9 Å². The highest BCUT2D eigenvalue weighted by molar-refractivity contribution is 5.91. The van der Waals surface area contributed by atoms with Gasteiger partial charge in [-0.3, -0.25) is 9.69 Å². The maximum absolute atomic E-state index is 12.4. The van der Waals surface area contributed by atoms with E-state index in [0.29, 0.717) is 6.54 Å². The molecule has 1 aliphatic rings. The minimum atomic E-state index is -0.0867. The zero-order valence-corrected chi connectivity index (χ0v) is 17.3. The van der Waals surface area contributed by atoms with Crippen LogP contribution in [0.4, 0.5) is 0 Å². The fourth-order valence-corrected chi connectivity index (χ4v) is 3.66. The molecule has 3 rings (SSSR count). The number of carbonyl (C=O) groups is 1. The number of ether oxygens (including phenoxy) is 2. The molecule has 1 saturated heterocycles. The van der Waals surface area contributed by atoms with Gasteiger partial charge < -0.3 is 14.8 Å². The molecule has 0 saturated carbocycles. The molecule has 0 radical (unpaired) electrons. The van der Waals surface area contributed by atoms with Gasteiger partial charge in [0.2, 0.25) is 5.91 Å². The van der Waals surface area contributed by atoms with Gasteiger partial charge in [0.15, 0.2) is 0 Å². The molecule has 1 fully saturated rings. The lowest BCUT2D eigenvalue weighted by Crippen LogP contribution is -2.40. The van der Waals surface area contributed by atoms with Crippen molar-refractivity contribution in [2.45, 2.75) is 25.3 Å². The van der Waals surface area contributed by atoms with E-state index < -0.39 is 0 Å². The lowest BCUT2D eigenvalue weighted by atomic mass is 10.0. The monoisotopic (exact) mass is 394 g/mol. The maximum Gasteiger partial charge on any atom is 0.244 e. The summed E-state index contributed by atoms with van der Waals surface area (Å²) in [6.07, 6.45) is 7.10. The fourth-order valence-electron chi connectivity index (χ4n) is 3.66. The second-order valence-electron chi connectivity index (χ2n) is 7.24. The quantitative estimate of drug-likeness (QED) is 0.686. The highest BCUT2D eigenvalue weighted by Crippen LogP contribution is 2.26. The normalized spacial score (nSPS) is 15.8. The molecule has 0 spiro atoms. The number of nitrogens with zero attached hydrogens (tertiary/aromatic N) is 1. The highest BCUT2D eigenvalue weighted by Gasteiger charge is 2.22. The van der Waals surface area contributed by atoms with E-state index in [1.165, 1.54) is 24.8 Å². The molecule has 5 nitrogen and oxygen atoms in total. The van der Waals surface area contributed by atoms with Crippen molar-refractivity contribution in [3.8, 4) is 11.5 Å². The van der Waals surface area contributed by atoms with E-state index in [2.05, 4.69) is 22.3 Å². The number of rotatable bonds is 8. The van der Waals surface area contributed by atoms with Gasteiger partial charge in [0, 0.05) is 12.6 Å². The van der Waals surface area contributed by atoms with Crippen LogP contribution in [0.15, 0.2) is 54.6 Å². The molecule has 0 aromatic heterocycles. The minimum absolute atomic E-state index is 0.0867. The molecule has 2 aromatic rings. The molecule has 1 amide bonds. The van der Waals surface area contributed by atoms with Gasteiger partial charge in [-0.15, -0.1) is 0 Å². The van der Waals surface area contributed by atoms with Crippen LogP contribution in [-0.2, 0) is 4.79 Å². The number of likely N-dealkylation sites (tertiary alicyclic amines) is 1. The lowest BCUT2D eigenvalue weighted by molar-refractivity contribution is -0.116. The topological polar surface area (TPSA) is 50.8 Å². The van der Waals surface area contributed by atoms with E-state index in [0.717, 1.165) is 30.2 Å². The van der Waals surface area contributed by atoms with Gasteiger partial charge in [-0.25, -0.2) is 0 Å². The zero-order chi connectivity index (χ0) is 20.5. The van der Waals surface area contributed by atoms with Gasteiger partial charge in [-0.2, -0.15) is 0 Å². The molecule has 1 unspecified atom stereocenters. The molecule has 0 aliphatic carbocycles. The van der Waals surface area contributed by atoms with Gasteiger partial charge in [0.05, 0.1) is 20.3 Å². The summed E-state index contributed by atoms with van der Waals surface area (Å²) >= 11 is 0. The lowest BCUT2D eigenvalue weighted by Gasteiger charge is -2.35. The van der Waals surface area contributed by atoms with Gasteiger partial charge >= 0.3 is 0 Å². The Balaban J connectivity index is 1.63. The summed E-state index contributed by atoms with van der Waals surface area (Å²) < 4.78 is 10.4. The molecule has 1 heterocycles. The smallest absolute Gasteiger partial charge is 0.244 e. The van der Waals surface area contributed by atoms with Crippen LogP contribution >= 0.6 is 0 Å². The molecule has 0 bridgehead atoms.